The van der Waals surface area contributed by atoms with Gasteiger partial charge in [0.2, 0.25) is 17.9 Å². The molecule has 3 N–H and O–H groups in total. The number of carbonyl (C=O) groups excluding carboxylic acids is 3. The number of para-hydroxylation sites is 2. The minimum Gasteiger partial charge on any atom is -0.485 e. The Morgan fingerprint density at radius 3 is 2.39 bits per heavy atom. The number of hydrazine groups is 1. The van der Waals surface area contributed by atoms with E-state index in [1.807, 2.05) is 30.3 Å². The molecule has 0 spiro atoms. The molecule has 8 nitrogen and oxygen atoms in total. The van der Waals surface area contributed by atoms with Gasteiger partial charge in [-0.2, -0.15) is 0 Å². The fraction of sp³-hybridized carbons (Fsp3) is 0.250. The third kappa shape index (κ3) is 5.00. The molecule has 0 saturated carbocycles. The maximum absolute atomic E-state index is 12.2. The SMILES string of the molecule is CC(=O)N[C@@H](CC(=O)NNC(=O)[C@H]1COc2ccccc2O1)c1ccccc1. The third-order valence-corrected chi connectivity index (χ3v) is 4.10. The van der Waals surface area contributed by atoms with Gasteiger partial charge in [0.05, 0.1) is 12.5 Å². The number of nitrogens with one attached hydrogen (secondary N) is 3. The van der Waals surface area contributed by atoms with E-state index in [1.165, 1.54) is 6.92 Å². The fourth-order valence-corrected chi connectivity index (χ4v) is 2.78. The molecule has 3 amide bonds. The quantitative estimate of drug-likeness (QED) is 0.674. The molecule has 28 heavy (non-hydrogen) atoms. The van der Waals surface area contributed by atoms with Crippen LogP contribution in [0.1, 0.15) is 24.9 Å². The molecule has 146 valence electrons. The van der Waals surface area contributed by atoms with Crippen molar-refractivity contribution in [2.24, 2.45) is 0 Å². The lowest BCUT2D eigenvalue weighted by atomic mass is 10.0. The van der Waals surface area contributed by atoms with Crippen molar-refractivity contribution >= 4 is 17.7 Å². The van der Waals surface area contributed by atoms with Gasteiger partial charge >= 0.3 is 0 Å². The number of rotatable bonds is 5. The van der Waals surface area contributed by atoms with Crippen LogP contribution in [-0.2, 0) is 14.4 Å². The van der Waals surface area contributed by atoms with Crippen molar-refractivity contribution in [3.8, 4) is 11.5 Å². The molecule has 2 aromatic rings. The monoisotopic (exact) mass is 383 g/mol. The lowest BCUT2D eigenvalue weighted by Gasteiger charge is -2.25. The molecule has 1 aliphatic rings. The van der Waals surface area contributed by atoms with Crippen LogP contribution in [0.5, 0.6) is 11.5 Å². The highest BCUT2D eigenvalue weighted by atomic mass is 16.6. The number of hydrogen-bond donors (Lipinski definition) is 3. The largest absolute Gasteiger partial charge is 0.485 e. The van der Waals surface area contributed by atoms with Gasteiger partial charge in [0.1, 0.15) is 6.61 Å². The topological polar surface area (TPSA) is 106 Å². The van der Waals surface area contributed by atoms with Crippen molar-refractivity contribution < 1.29 is 23.9 Å². The Bertz CT molecular complexity index is 856. The second-order valence-electron chi connectivity index (χ2n) is 6.27. The molecule has 8 heteroatoms. The van der Waals surface area contributed by atoms with Crippen molar-refractivity contribution in [2.45, 2.75) is 25.5 Å². The van der Waals surface area contributed by atoms with Gasteiger partial charge in [-0.1, -0.05) is 42.5 Å². The number of carbonyl (C=O) groups is 3. The predicted octanol–water partition coefficient (Wildman–Crippen LogP) is 1.24. The van der Waals surface area contributed by atoms with E-state index in [1.54, 1.807) is 24.3 Å². The molecule has 1 aliphatic heterocycles. The Morgan fingerprint density at radius 1 is 1.00 bits per heavy atom. The van der Waals surface area contributed by atoms with Crippen LogP contribution in [-0.4, -0.2) is 30.4 Å². The normalized spacial score (nSPS) is 15.8. The molecule has 3 rings (SSSR count). The number of benzene rings is 2. The second kappa shape index (κ2) is 8.90. The summed E-state index contributed by atoms with van der Waals surface area (Å²) in [6.45, 7) is 1.42. The highest BCUT2D eigenvalue weighted by Crippen LogP contribution is 2.30. The van der Waals surface area contributed by atoms with Crippen molar-refractivity contribution in [1.29, 1.82) is 0 Å². The van der Waals surface area contributed by atoms with Crippen LogP contribution in [0.25, 0.3) is 0 Å². The summed E-state index contributed by atoms with van der Waals surface area (Å²) < 4.78 is 11.1. The smallest absolute Gasteiger partial charge is 0.283 e. The van der Waals surface area contributed by atoms with E-state index in [0.29, 0.717) is 11.5 Å². The molecule has 0 radical (unpaired) electrons. The summed E-state index contributed by atoms with van der Waals surface area (Å²) in [4.78, 5) is 35.9. The lowest BCUT2D eigenvalue weighted by molar-refractivity contribution is -0.135. The highest BCUT2D eigenvalue weighted by Gasteiger charge is 2.27. The van der Waals surface area contributed by atoms with Gasteiger partial charge < -0.3 is 14.8 Å². The van der Waals surface area contributed by atoms with Crippen molar-refractivity contribution in [1.82, 2.24) is 16.2 Å². The molecule has 0 bridgehead atoms. The van der Waals surface area contributed by atoms with E-state index >= 15 is 0 Å². The molecule has 0 aliphatic carbocycles. The summed E-state index contributed by atoms with van der Waals surface area (Å²) in [6, 6.07) is 15.6. The van der Waals surface area contributed by atoms with E-state index in [2.05, 4.69) is 16.2 Å². The van der Waals surface area contributed by atoms with Crippen LogP contribution in [0.15, 0.2) is 54.6 Å². The average Bonchev–Trinajstić information content (AvgIpc) is 2.71. The molecule has 1 heterocycles. The zero-order valence-corrected chi connectivity index (χ0v) is 15.3. The average molecular weight is 383 g/mol. The van der Waals surface area contributed by atoms with Gasteiger partial charge in [-0.05, 0) is 17.7 Å². The summed E-state index contributed by atoms with van der Waals surface area (Å²) in [7, 11) is 0. The highest BCUT2D eigenvalue weighted by molar-refractivity contribution is 5.85. The van der Waals surface area contributed by atoms with Gasteiger partial charge in [-0.15, -0.1) is 0 Å². The zero-order chi connectivity index (χ0) is 19.9. The standard InChI is InChI=1S/C20H21N3O5/c1-13(24)21-15(14-7-3-2-4-8-14)11-19(25)22-23-20(26)18-12-27-16-9-5-6-10-17(16)28-18/h2-10,15,18H,11-12H2,1H3,(H,21,24)(H,22,25)(H,23,26)/t15-,18+/m0/s1. The summed E-state index contributed by atoms with van der Waals surface area (Å²) in [6.07, 6.45) is -0.912. The van der Waals surface area contributed by atoms with Crippen LogP contribution in [0, 0.1) is 0 Å². The van der Waals surface area contributed by atoms with E-state index in [0.717, 1.165) is 5.56 Å². The molecule has 0 unspecified atom stereocenters. The van der Waals surface area contributed by atoms with Crippen LogP contribution >= 0.6 is 0 Å². The van der Waals surface area contributed by atoms with Crippen LogP contribution in [0.2, 0.25) is 0 Å². The van der Waals surface area contributed by atoms with Crippen molar-refractivity contribution in [2.75, 3.05) is 6.61 Å². The Hall–Kier alpha value is -3.55. The molecule has 2 aromatic carbocycles. The number of hydrogen-bond acceptors (Lipinski definition) is 5. The van der Waals surface area contributed by atoms with E-state index in [-0.39, 0.29) is 18.9 Å². The minimum absolute atomic E-state index is 0.0330. The van der Waals surface area contributed by atoms with E-state index in [4.69, 9.17) is 9.47 Å². The first-order valence-corrected chi connectivity index (χ1v) is 8.82. The minimum atomic E-state index is -0.879. The molecular weight excluding hydrogens is 362 g/mol. The number of ether oxygens (including phenoxy) is 2. The maximum Gasteiger partial charge on any atom is 0.283 e. The van der Waals surface area contributed by atoms with Crippen LogP contribution in [0.3, 0.4) is 0 Å². The van der Waals surface area contributed by atoms with Gasteiger partial charge in [-0.3, -0.25) is 25.2 Å². The number of amides is 3. The summed E-state index contributed by atoms with van der Waals surface area (Å²) in [5.74, 6) is -0.199. The van der Waals surface area contributed by atoms with E-state index in [9.17, 15) is 14.4 Å². The summed E-state index contributed by atoms with van der Waals surface area (Å²) >= 11 is 0. The Morgan fingerprint density at radius 2 is 1.68 bits per heavy atom. The van der Waals surface area contributed by atoms with Gasteiger partial charge in [0, 0.05) is 6.92 Å². The first kappa shape index (κ1) is 19.2. The molecular formula is C20H21N3O5. The Balaban J connectivity index is 1.53. The van der Waals surface area contributed by atoms with Gasteiger partial charge in [0.15, 0.2) is 11.5 Å². The van der Waals surface area contributed by atoms with Crippen LogP contribution in [0.4, 0.5) is 0 Å². The maximum atomic E-state index is 12.2. The molecule has 2 atom stereocenters. The summed E-state index contributed by atoms with van der Waals surface area (Å²) in [5, 5.41) is 2.73. The van der Waals surface area contributed by atoms with Gasteiger partial charge in [0.25, 0.3) is 5.91 Å². The second-order valence-corrected chi connectivity index (χ2v) is 6.27. The molecule has 0 aromatic heterocycles. The number of fused-ring (bicyclic) bond motifs is 1. The van der Waals surface area contributed by atoms with E-state index < -0.39 is 24.0 Å². The predicted molar refractivity (Wildman–Crippen MR) is 100 cm³/mol. The van der Waals surface area contributed by atoms with Gasteiger partial charge in [-0.25, -0.2) is 0 Å². The lowest BCUT2D eigenvalue weighted by Crippen LogP contribution is -2.51. The zero-order valence-electron chi connectivity index (χ0n) is 15.3. The van der Waals surface area contributed by atoms with Crippen molar-refractivity contribution in [3.05, 3.63) is 60.2 Å². The molecule has 0 fully saturated rings. The summed E-state index contributed by atoms with van der Waals surface area (Å²) in [5.41, 5.74) is 5.48. The molecule has 0 saturated heterocycles. The third-order valence-electron chi connectivity index (χ3n) is 4.10. The Kier molecular flexibility index (Phi) is 6.11. The fourth-order valence-electron chi connectivity index (χ4n) is 2.78. The van der Waals surface area contributed by atoms with Crippen LogP contribution < -0.4 is 25.6 Å². The first-order chi connectivity index (χ1) is 13.5. The Labute approximate surface area is 162 Å². The first-order valence-electron chi connectivity index (χ1n) is 8.82. The van der Waals surface area contributed by atoms with Crippen molar-refractivity contribution in [3.63, 3.8) is 0 Å².